The quantitative estimate of drug-likeness (QED) is 0.649. The van der Waals surface area contributed by atoms with Crippen molar-refractivity contribution in [3.63, 3.8) is 0 Å². The van der Waals surface area contributed by atoms with Gasteiger partial charge < -0.3 is 10.6 Å². The Morgan fingerprint density at radius 3 is 2.58 bits per heavy atom. The predicted molar refractivity (Wildman–Crippen MR) is 129 cm³/mol. The molecule has 4 aliphatic rings. The predicted octanol–water partition coefficient (Wildman–Crippen LogP) is 4.01. The van der Waals surface area contributed by atoms with Crippen LogP contribution in [0.2, 0.25) is 5.02 Å². The van der Waals surface area contributed by atoms with Crippen LogP contribution in [0, 0.1) is 23.7 Å². The molecular weight excluding hydrogens is 434 g/mol. The molecule has 5 unspecified atom stereocenters. The summed E-state index contributed by atoms with van der Waals surface area (Å²) in [5.74, 6) is 0.701. The maximum atomic E-state index is 13.7. The number of amides is 2. The summed E-state index contributed by atoms with van der Waals surface area (Å²) in [6.07, 6.45) is 1.62. The molecular formula is C27H32ClN3O2. The third kappa shape index (κ3) is 4.06. The van der Waals surface area contributed by atoms with Gasteiger partial charge in [0.15, 0.2) is 0 Å². The van der Waals surface area contributed by atoms with Crippen molar-refractivity contribution in [2.24, 2.45) is 23.7 Å². The standard InChI is InChI=1S/C27H32ClN3O2/c1-17(2)12-22-24-23-20(16-31(24)15-19-8-10-21(28)11-9-19)13-27(22,30-25(23)32)26(33)29-14-18-6-4-3-5-7-18/h3-11,17,20,22-24H,12-16H2,1-2H3,(H,29,33)(H,30,32). The molecule has 3 heterocycles. The Labute approximate surface area is 200 Å². The average molecular weight is 466 g/mol. The second-order valence-corrected chi connectivity index (χ2v) is 10.8. The van der Waals surface area contributed by atoms with E-state index in [0.717, 1.165) is 36.5 Å². The van der Waals surface area contributed by atoms with Crippen molar-refractivity contribution in [2.75, 3.05) is 6.54 Å². The van der Waals surface area contributed by atoms with E-state index in [1.54, 1.807) is 0 Å². The van der Waals surface area contributed by atoms with E-state index in [1.807, 2.05) is 42.5 Å². The van der Waals surface area contributed by atoms with Crippen molar-refractivity contribution in [1.29, 1.82) is 0 Å². The van der Waals surface area contributed by atoms with Gasteiger partial charge in [-0.1, -0.05) is 67.9 Å². The number of rotatable bonds is 7. The third-order valence-electron chi connectivity index (χ3n) is 7.77. The smallest absolute Gasteiger partial charge is 0.246 e. The van der Waals surface area contributed by atoms with Gasteiger partial charge in [-0.15, -0.1) is 0 Å². The lowest BCUT2D eigenvalue weighted by Gasteiger charge is -2.55. The SMILES string of the molecule is CC(C)CC1C2C3C(=O)NC1(C(=O)NCc1ccccc1)CC3CN2Cc1ccc(Cl)cc1. The fourth-order valence-electron chi connectivity index (χ4n) is 6.51. The zero-order valence-corrected chi connectivity index (χ0v) is 20.0. The van der Waals surface area contributed by atoms with Crippen molar-refractivity contribution >= 4 is 23.4 Å². The summed E-state index contributed by atoms with van der Waals surface area (Å²) >= 11 is 6.08. The number of fused-ring (bicyclic) bond motifs is 1. The number of hydrogen-bond acceptors (Lipinski definition) is 3. The van der Waals surface area contributed by atoms with E-state index in [-0.39, 0.29) is 35.6 Å². The number of carbonyl (C=O) groups excluding carboxylic acids is 2. The molecule has 0 spiro atoms. The first-order chi connectivity index (χ1) is 15.9. The van der Waals surface area contributed by atoms with Gasteiger partial charge in [0.25, 0.3) is 0 Å². The van der Waals surface area contributed by atoms with Gasteiger partial charge in [-0.05, 0) is 47.9 Å². The Balaban J connectivity index is 1.43. The van der Waals surface area contributed by atoms with Crippen LogP contribution in [0.4, 0.5) is 0 Å². The maximum Gasteiger partial charge on any atom is 0.246 e. The molecule has 2 amide bonds. The molecule has 3 aliphatic heterocycles. The summed E-state index contributed by atoms with van der Waals surface area (Å²) in [4.78, 5) is 29.4. The molecule has 0 radical (unpaired) electrons. The molecule has 5 atom stereocenters. The molecule has 1 saturated carbocycles. The molecule has 1 aliphatic carbocycles. The van der Waals surface area contributed by atoms with Gasteiger partial charge in [0, 0.05) is 36.6 Å². The number of hydrogen-bond donors (Lipinski definition) is 2. The third-order valence-corrected chi connectivity index (χ3v) is 8.02. The van der Waals surface area contributed by atoms with Gasteiger partial charge in [-0.3, -0.25) is 14.5 Å². The minimum Gasteiger partial charge on any atom is -0.350 e. The lowest BCUT2D eigenvalue weighted by Crippen LogP contribution is -2.75. The topological polar surface area (TPSA) is 61.4 Å². The number of likely N-dealkylation sites (tertiary alicyclic amines) is 1. The van der Waals surface area contributed by atoms with E-state index in [0.29, 0.717) is 12.5 Å². The highest BCUT2D eigenvalue weighted by Crippen LogP contribution is 2.54. The summed E-state index contributed by atoms with van der Waals surface area (Å²) in [6.45, 7) is 6.51. The van der Waals surface area contributed by atoms with Crippen LogP contribution in [0.15, 0.2) is 54.6 Å². The number of nitrogens with zero attached hydrogens (tertiary/aromatic N) is 1. The minimum atomic E-state index is -0.838. The molecule has 174 valence electrons. The highest BCUT2D eigenvalue weighted by Gasteiger charge is 2.67. The van der Waals surface area contributed by atoms with Gasteiger partial charge >= 0.3 is 0 Å². The first-order valence-electron chi connectivity index (χ1n) is 12.0. The highest BCUT2D eigenvalue weighted by atomic mass is 35.5. The summed E-state index contributed by atoms with van der Waals surface area (Å²) < 4.78 is 0. The van der Waals surface area contributed by atoms with E-state index in [4.69, 9.17) is 11.6 Å². The Kier molecular flexibility index (Phi) is 5.96. The van der Waals surface area contributed by atoms with Crippen molar-refractivity contribution in [3.8, 4) is 0 Å². The lowest BCUT2D eigenvalue weighted by molar-refractivity contribution is -0.155. The van der Waals surface area contributed by atoms with Crippen LogP contribution in [0.3, 0.4) is 0 Å². The minimum absolute atomic E-state index is 0.0353. The van der Waals surface area contributed by atoms with Gasteiger partial charge in [0.05, 0.1) is 5.92 Å². The molecule has 5 nitrogen and oxygen atoms in total. The van der Waals surface area contributed by atoms with E-state index < -0.39 is 5.54 Å². The van der Waals surface area contributed by atoms with Crippen molar-refractivity contribution in [3.05, 3.63) is 70.7 Å². The highest BCUT2D eigenvalue weighted by molar-refractivity contribution is 6.30. The molecule has 4 fully saturated rings. The number of piperidine rings is 2. The fraction of sp³-hybridized carbons (Fsp3) is 0.481. The van der Waals surface area contributed by atoms with Crippen LogP contribution in [-0.4, -0.2) is 34.8 Å². The molecule has 6 rings (SSSR count). The van der Waals surface area contributed by atoms with Crippen molar-refractivity contribution < 1.29 is 9.59 Å². The van der Waals surface area contributed by atoms with Crippen LogP contribution in [0.1, 0.15) is 37.8 Å². The molecule has 4 bridgehead atoms. The number of carbonyl (C=O) groups is 2. The molecule has 2 N–H and O–H groups in total. The summed E-state index contributed by atoms with van der Waals surface area (Å²) in [5, 5.41) is 7.11. The average Bonchev–Trinajstić information content (AvgIpc) is 3.10. The number of nitrogens with one attached hydrogen (secondary N) is 2. The Hall–Kier alpha value is -2.37. The Morgan fingerprint density at radius 1 is 1.15 bits per heavy atom. The van der Waals surface area contributed by atoms with E-state index >= 15 is 0 Å². The normalized spacial score (nSPS) is 30.5. The van der Waals surface area contributed by atoms with E-state index in [2.05, 4.69) is 41.5 Å². The summed E-state index contributed by atoms with van der Waals surface area (Å²) in [7, 11) is 0. The van der Waals surface area contributed by atoms with Crippen molar-refractivity contribution in [2.45, 2.75) is 51.4 Å². The summed E-state index contributed by atoms with van der Waals surface area (Å²) in [6, 6.07) is 18.0. The maximum absolute atomic E-state index is 13.7. The van der Waals surface area contributed by atoms with Crippen LogP contribution in [-0.2, 0) is 22.7 Å². The first-order valence-corrected chi connectivity index (χ1v) is 12.4. The molecule has 6 heteroatoms. The largest absolute Gasteiger partial charge is 0.350 e. The first kappa shape index (κ1) is 22.4. The van der Waals surface area contributed by atoms with Gasteiger partial charge in [0.1, 0.15) is 5.54 Å². The number of halogens is 1. The van der Waals surface area contributed by atoms with Gasteiger partial charge in [-0.25, -0.2) is 0 Å². The second-order valence-electron chi connectivity index (χ2n) is 10.4. The van der Waals surface area contributed by atoms with Crippen LogP contribution >= 0.6 is 11.6 Å². The Bertz CT molecular complexity index is 1030. The zero-order chi connectivity index (χ0) is 23.2. The summed E-state index contributed by atoms with van der Waals surface area (Å²) in [5.41, 5.74) is 1.41. The van der Waals surface area contributed by atoms with Crippen LogP contribution < -0.4 is 10.6 Å². The van der Waals surface area contributed by atoms with Crippen molar-refractivity contribution in [1.82, 2.24) is 15.5 Å². The number of benzene rings is 2. The molecule has 2 aromatic rings. The molecule has 3 saturated heterocycles. The monoisotopic (exact) mass is 465 g/mol. The zero-order valence-electron chi connectivity index (χ0n) is 19.3. The molecule has 33 heavy (non-hydrogen) atoms. The molecule has 2 aromatic carbocycles. The van der Waals surface area contributed by atoms with Crippen LogP contribution in [0.25, 0.3) is 0 Å². The molecule has 0 aromatic heterocycles. The lowest BCUT2D eigenvalue weighted by atomic mass is 9.57. The second kappa shape index (κ2) is 8.77. The Morgan fingerprint density at radius 2 is 1.88 bits per heavy atom. The van der Waals surface area contributed by atoms with Gasteiger partial charge in [0.2, 0.25) is 11.8 Å². The van der Waals surface area contributed by atoms with Crippen LogP contribution in [0.5, 0.6) is 0 Å². The van der Waals surface area contributed by atoms with Gasteiger partial charge in [-0.2, -0.15) is 0 Å². The van der Waals surface area contributed by atoms with E-state index in [1.165, 1.54) is 5.56 Å². The fourth-order valence-corrected chi connectivity index (χ4v) is 6.63. The van der Waals surface area contributed by atoms with E-state index in [9.17, 15) is 9.59 Å².